The van der Waals surface area contributed by atoms with E-state index in [2.05, 4.69) is 5.32 Å². The zero-order valence-corrected chi connectivity index (χ0v) is 8.26. The van der Waals surface area contributed by atoms with Gasteiger partial charge >= 0.3 is 0 Å². The molecular weight excluding hydrogens is 170 g/mol. The molecule has 0 saturated heterocycles. The Hall–Kier alpha value is -1.10. The molecule has 76 valence electrons. The number of primary amides is 1. The number of nitrogens with two attached hydrogens (primary N) is 2. The summed E-state index contributed by atoms with van der Waals surface area (Å²) >= 11 is 0. The van der Waals surface area contributed by atoms with E-state index >= 15 is 0 Å². The Kier molecular flexibility index (Phi) is 3.87. The number of carbonyl (C=O) groups excluding carboxylic acids is 2. The molecule has 0 aliphatic carbocycles. The van der Waals surface area contributed by atoms with E-state index in [4.69, 9.17) is 11.5 Å². The number of rotatable bonds is 3. The van der Waals surface area contributed by atoms with Crippen LogP contribution in [0.3, 0.4) is 0 Å². The molecular formula is C8H17N3O2. The van der Waals surface area contributed by atoms with Gasteiger partial charge in [0, 0.05) is 0 Å². The fraction of sp³-hybridized carbons (Fsp3) is 0.750. The Bertz CT molecular complexity index is 208. The fourth-order valence-corrected chi connectivity index (χ4v) is 0.677. The molecule has 0 bridgehead atoms. The minimum absolute atomic E-state index is 0.164. The molecule has 0 radical (unpaired) electrons. The first-order chi connectivity index (χ1) is 5.75. The smallest absolute Gasteiger partial charge is 0.237 e. The summed E-state index contributed by atoms with van der Waals surface area (Å²) in [6, 6.07) is -0.633. The summed E-state index contributed by atoms with van der Waals surface area (Å²) < 4.78 is 0. The quantitative estimate of drug-likeness (QED) is 0.526. The zero-order valence-electron chi connectivity index (χ0n) is 8.26. The van der Waals surface area contributed by atoms with E-state index in [1.165, 1.54) is 0 Å². The van der Waals surface area contributed by atoms with Gasteiger partial charge in [-0.15, -0.1) is 0 Å². The molecule has 1 atom stereocenters. The number of hydrogen-bond acceptors (Lipinski definition) is 3. The summed E-state index contributed by atoms with van der Waals surface area (Å²) in [4.78, 5) is 21.6. The molecule has 0 rings (SSSR count). The molecule has 0 fully saturated rings. The molecule has 0 spiro atoms. The van der Waals surface area contributed by atoms with Gasteiger partial charge in [-0.25, -0.2) is 0 Å². The van der Waals surface area contributed by atoms with Crippen molar-refractivity contribution in [2.75, 3.05) is 6.54 Å². The van der Waals surface area contributed by atoms with Crippen LogP contribution in [0, 0.1) is 5.41 Å². The van der Waals surface area contributed by atoms with E-state index in [0.29, 0.717) is 0 Å². The van der Waals surface area contributed by atoms with Crippen LogP contribution in [0.5, 0.6) is 0 Å². The SMILES string of the molecule is CC(C)(C)C(N)C(=O)NCC(N)=O. The maximum atomic E-state index is 11.3. The van der Waals surface area contributed by atoms with E-state index < -0.39 is 11.9 Å². The summed E-state index contributed by atoms with van der Waals surface area (Å²) in [5.74, 6) is -0.930. The van der Waals surface area contributed by atoms with Gasteiger partial charge in [0.05, 0.1) is 12.6 Å². The molecule has 0 aromatic carbocycles. The van der Waals surface area contributed by atoms with Crippen molar-refractivity contribution < 1.29 is 9.59 Å². The second-order valence-electron chi connectivity index (χ2n) is 4.03. The number of amides is 2. The third-order valence-electron chi connectivity index (χ3n) is 1.65. The number of hydrogen-bond donors (Lipinski definition) is 3. The highest BCUT2D eigenvalue weighted by atomic mass is 16.2. The summed E-state index contributed by atoms with van der Waals surface area (Å²) in [7, 11) is 0. The van der Waals surface area contributed by atoms with E-state index in [-0.39, 0.29) is 17.9 Å². The molecule has 13 heavy (non-hydrogen) atoms. The van der Waals surface area contributed by atoms with E-state index in [1.54, 1.807) is 0 Å². The first-order valence-electron chi connectivity index (χ1n) is 4.06. The van der Waals surface area contributed by atoms with E-state index in [0.717, 1.165) is 0 Å². The van der Waals surface area contributed by atoms with Crippen molar-refractivity contribution in [1.82, 2.24) is 5.32 Å². The molecule has 5 heteroatoms. The van der Waals surface area contributed by atoms with Crippen molar-refractivity contribution in [2.24, 2.45) is 16.9 Å². The Morgan fingerprint density at radius 3 is 2.15 bits per heavy atom. The van der Waals surface area contributed by atoms with E-state index in [1.807, 2.05) is 20.8 Å². The second-order valence-corrected chi connectivity index (χ2v) is 4.03. The average molecular weight is 187 g/mol. The highest BCUT2D eigenvalue weighted by molar-refractivity contribution is 5.87. The normalized spacial score (nSPS) is 13.5. The van der Waals surface area contributed by atoms with Crippen LogP contribution in [0.1, 0.15) is 20.8 Å². The average Bonchev–Trinajstić information content (AvgIpc) is 1.96. The van der Waals surface area contributed by atoms with Crippen molar-refractivity contribution in [3.05, 3.63) is 0 Å². The van der Waals surface area contributed by atoms with Crippen LogP contribution < -0.4 is 16.8 Å². The Balaban J connectivity index is 4.05. The first kappa shape index (κ1) is 11.9. The lowest BCUT2D eigenvalue weighted by Gasteiger charge is -2.25. The van der Waals surface area contributed by atoms with Crippen LogP contribution in [0.4, 0.5) is 0 Å². The van der Waals surface area contributed by atoms with Gasteiger partial charge < -0.3 is 16.8 Å². The molecule has 0 aliphatic rings. The molecule has 0 heterocycles. The van der Waals surface area contributed by atoms with Gasteiger partial charge in [-0.1, -0.05) is 20.8 Å². The zero-order chi connectivity index (χ0) is 10.6. The molecule has 0 saturated carbocycles. The van der Waals surface area contributed by atoms with Gasteiger partial charge in [0.15, 0.2) is 0 Å². The lowest BCUT2D eigenvalue weighted by molar-refractivity contribution is -0.127. The molecule has 0 aliphatic heterocycles. The summed E-state index contributed by atoms with van der Waals surface area (Å²) in [5, 5.41) is 2.35. The lowest BCUT2D eigenvalue weighted by atomic mass is 9.87. The molecule has 0 aromatic rings. The van der Waals surface area contributed by atoms with Gasteiger partial charge in [-0.05, 0) is 5.41 Å². The van der Waals surface area contributed by atoms with Crippen molar-refractivity contribution in [3.63, 3.8) is 0 Å². The summed E-state index contributed by atoms with van der Waals surface area (Å²) in [6.07, 6.45) is 0. The Labute approximate surface area is 77.8 Å². The highest BCUT2D eigenvalue weighted by Crippen LogP contribution is 2.16. The molecule has 2 amide bonds. The van der Waals surface area contributed by atoms with Crippen molar-refractivity contribution in [3.8, 4) is 0 Å². The lowest BCUT2D eigenvalue weighted by Crippen LogP contribution is -2.50. The van der Waals surface area contributed by atoms with Crippen molar-refractivity contribution >= 4 is 11.8 Å². The number of carbonyl (C=O) groups is 2. The molecule has 1 unspecified atom stereocenters. The monoisotopic (exact) mass is 187 g/mol. The second kappa shape index (κ2) is 4.23. The van der Waals surface area contributed by atoms with Crippen LogP contribution in [-0.2, 0) is 9.59 Å². The Morgan fingerprint density at radius 2 is 1.85 bits per heavy atom. The molecule has 5 N–H and O–H groups in total. The number of nitrogens with one attached hydrogen (secondary N) is 1. The summed E-state index contributed by atoms with van der Waals surface area (Å²) in [5.41, 5.74) is 10.2. The minimum Gasteiger partial charge on any atom is -0.368 e. The third kappa shape index (κ3) is 4.47. The molecule has 0 aromatic heterocycles. The van der Waals surface area contributed by atoms with Crippen LogP contribution in [-0.4, -0.2) is 24.4 Å². The minimum atomic E-state index is -0.633. The maximum absolute atomic E-state index is 11.3. The van der Waals surface area contributed by atoms with Crippen LogP contribution in [0.2, 0.25) is 0 Å². The first-order valence-corrected chi connectivity index (χ1v) is 4.06. The largest absolute Gasteiger partial charge is 0.368 e. The van der Waals surface area contributed by atoms with Gasteiger partial charge in [0.25, 0.3) is 0 Å². The standard InChI is InChI=1S/C8H17N3O2/c1-8(2,3)6(10)7(13)11-4-5(9)12/h6H,4,10H2,1-3H3,(H2,9,12)(H,11,13). The van der Waals surface area contributed by atoms with Crippen LogP contribution in [0.15, 0.2) is 0 Å². The predicted molar refractivity (Wildman–Crippen MR) is 49.6 cm³/mol. The van der Waals surface area contributed by atoms with Gasteiger partial charge in [0.1, 0.15) is 0 Å². The topological polar surface area (TPSA) is 98.2 Å². The summed E-state index contributed by atoms with van der Waals surface area (Å²) in [6.45, 7) is 5.38. The maximum Gasteiger partial charge on any atom is 0.237 e. The van der Waals surface area contributed by atoms with Crippen molar-refractivity contribution in [1.29, 1.82) is 0 Å². The van der Waals surface area contributed by atoms with Crippen molar-refractivity contribution in [2.45, 2.75) is 26.8 Å². The Morgan fingerprint density at radius 1 is 1.38 bits per heavy atom. The van der Waals surface area contributed by atoms with Gasteiger partial charge in [0.2, 0.25) is 11.8 Å². The van der Waals surface area contributed by atoms with E-state index in [9.17, 15) is 9.59 Å². The van der Waals surface area contributed by atoms with Gasteiger partial charge in [-0.3, -0.25) is 9.59 Å². The van der Waals surface area contributed by atoms with Gasteiger partial charge in [-0.2, -0.15) is 0 Å². The third-order valence-corrected chi connectivity index (χ3v) is 1.65. The highest BCUT2D eigenvalue weighted by Gasteiger charge is 2.27. The molecule has 5 nitrogen and oxygen atoms in total. The fourth-order valence-electron chi connectivity index (χ4n) is 0.677. The van der Waals surface area contributed by atoms with Crippen LogP contribution in [0.25, 0.3) is 0 Å². The van der Waals surface area contributed by atoms with Crippen LogP contribution >= 0.6 is 0 Å². The predicted octanol–water partition coefficient (Wildman–Crippen LogP) is -1.04.